The van der Waals surface area contributed by atoms with Crippen LogP contribution >= 0.6 is 0 Å². The molecule has 7 nitrogen and oxygen atoms in total. The van der Waals surface area contributed by atoms with Crippen LogP contribution in [0, 0.1) is 28.6 Å². The summed E-state index contributed by atoms with van der Waals surface area (Å²) in [6.45, 7) is 4.35. The number of aromatic amines is 1. The highest BCUT2D eigenvalue weighted by Gasteiger charge is 2.22. The summed E-state index contributed by atoms with van der Waals surface area (Å²) < 4.78 is 0. The summed E-state index contributed by atoms with van der Waals surface area (Å²) in [6, 6.07) is 15.0. The Hall–Kier alpha value is -3.71. The topological polar surface area (TPSA) is 107 Å². The van der Waals surface area contributed by atoms with Crippen molar-refractivity contribution < 1.29 is 0 Å². The Morgan fingerprint density at radius 3 is 2.64 bits per heavy atom. The molecular weight excluding hydrogens is 350 g/mol. The van der Waals surface area contributed by atoms with E-state index in [-0.39, 0.29) is 6.04 Å². The summed E-state index contributed by atoms with van der Waals surface area (Å²) in [6.07, 6.45) is 1.79. The number of hydrogen-bond donors (Lipinski definition) is 1. The van der Waals surface area contributed by atoms with Crippen molar-refractivity contribution in [3.05, 3.63) is 53.3 Å². The molecule has 0 bridgehead atoms. The van der Waals surface area contributed by atoms with Crippen LogP contribution in [0.1, 0.15) is 49.7 Å². The highest BCUT2D eigenvalue weighted by molar-refractivity contribution is 5.80. The molecule has 0 saturated heterocycles. The van der Waals surface area contributed by atoms with Crippen molar-refractivity contribution in [3.8, 4) is 12.1 Å². The average Bonchev–Trinajstić information content (AvgIpc) is 3.30. The molecule has 2 aromatic carbocycles. The van der Waals surface area contributed by atoms with Crippen molar-refractivity contribution in [2.45, 2.75) is 32.7 Å². The number of aromatic nitrogens is 5. The van der Waals surface area contributed by atoms with E-state index in [1.807, 2.05) is 18.2 Å². The van der Waals surface area contributed by atoms with Gasteiger partial charge in [-0.25, -0.2) is 4.98 Å². The van der Waals surface area contributed by atoms with Gasteiger partial charge >= 0.3 is 0 Å². The van der Waals surface area contributed by atoms with Crippen LogP contribution in [0.3, 0.4) is 0 Å². The first-order chi connectivity index (χ1) is 13.6. The highest BCUT2D eigenvalue weighted by atomic mass is 15.5. The average molecular weight is 369 g/mol. The van der Waals surface area contributed by atoms with E-state index in [2.05, 4.69) is 41.2 Å². The summed E-state index contributed by atoms with van der Waals surface area (Å²) >= 11 is 0. The van der Waals surface area contributed by atoms with Gasteiger partial charge in [0.1, 0.15) is 29.0 Å². The van der Waals surface area contributed by atoms with Crippen LogP contribution in [0.5, 0.6) is 0 Å². The van der Waals surface area contributed by atoms with Gasteiger partial charge in [0.2, 0.25) is 0 Å². The van der Waals surface area contributed by atoms with E-state index in [0.29, 0.717) is 28.1 Å². The second-order valence-electron chi connectivity index (χ2n) is 7.26. The van der Waals surface area contributed by atoms with Crippen molar-refractivity contribution >= 4 is 22.1 Å². The maximum absolute atomic E-state index is 9.35. The van der Waals surface area contributed by atoms with Gasteiger partial charge < -0.3 is 4.98 Å². The van der Waals surface area contributed by atoms with E-state index in [0.717, 1.165) is 29.7 Å². The number of benzene rings is 2. The van der Waals surface area contributed by atoms with Gasteiger partial charge in [0.15, 0.2) is 0 Å². The highest BCUT2D eigenvalue weighted by Crippen LogP contribution is 2.26. The molecule has 1 unspecified atom stereocenters. The minimum absolute atomic E-state index is 0.181. The lowest BCUT2D eigenvalue weighted by atomic mass is 10.0. The van der Waals surface area contributed by atoms with E-state index in [1.54, 1.807) is 23.0 Å². The minimum Gasteiger partial charge on any atom is -0.340 e. The molecule has 138 valence electrons. The van der Waals surface area contributed by atoms with Crippen LogP contribution < -0.4 is 0 Å². The number of imidazole rings is 1. The van der Waals surface area contributed by atoms with Crippen molar-refractivity contribution in [2.24, 2.45) is 5.92 Å². The molecule has 0 fully saturated rings. The van der Waals surface area contributed by atoms with E-state index < -0.39 is 0 Å². The molecule has 4 aromatic rings. The zero-order valence-corrected chi connectivity index (χ0v) is 15.7. The SMILES string of the molecule is CC(C)CCC(c1nc2ccc(C#N)cc2[nH]1)n1nc2cccc(C#N)c2n1. The third kappa shape index (κ3) is 3.19. The predicted molar refractivity (Wildman–Crippen MR) is 105 cm³/mol. The fourth-order valence-electron chi connectivity index (χ4n) is 3.29. The first-order valence-electron chi connectivity index (χ1n) is 9.24. The van der Waals surface area contributed by atoms with Gasteiger partial charge in [0.25, 0.3) is 0 Å². The first kappa shape index (κ1) is 17.7. The number of nitrogens with zero attached hydrogens (tertiary/aromatic N) is 6. The summed E-state index contributed by atoms with van der Waals surface area (Å²) in [5.41, 5.74) is 4.01. The Morgan fingerprint density at radius 1 is 1.04 bits per heavy atom. The number of nitrogens with one attached hydrogen (secondary N) is 1. The number of rotatable bonds is 5. The standard InChI is InChI=1S/C21H19N7/c1-13(2)6-9-19(21-24-16-8-7-14(11-22)10-18(16)25-21)28-26-17-5-3-4-15(12-23)20(17)27-28/h3-5,7-8,10,13,19H,6,9H2,1-2H3,(H,24,25). The molecule has 2 heterocycles. The van der Waals surface area contributed by atoms with Crippen LogP contribution in [0.4, 0.5) is 0 Å². The molecule has 0 amide bonds. The minimum atomic E-state index is -0.181. The van der Waals surface area contributed by atoms with Gasteiger partial charge in [0, 0.05) is 0 Å². The molecule has 0 aliphatic rings. The Bertz CT molecular complexity index is 1230. The molecular formula is C21H19N7. The van der Waals surface area contributed by atoms with Gasteiger partial charge in [-0.3, -0.25) is 0 Å². The number of hydrogen-bond acceptors (Lipinski definition) is 5. The largest absolute Gasteiger partial charge is 0.340 e. The molecule has 0 radical (unpaired) electrons. The summed E-state index contributed by atoms with van der Waals surface area (Å²) in [5.74, 6) is 1.28. The molecule has 7 heteroatoms. The Labute approximate surface area is 162 Å². The quantitative estimate of drug-likeness (QED) is 0.570. The zero-order chi connectivity index (χ0) is 19.7. The van der Waals surface area contributed by atoms with Gasteiger partial charge in [0.05, 0.1) is 28.2 Å². The molecule has 0 saturated carbocycles. The Morgan fingerprint density at radius 2 is 1.89 bits per heavy atom. The molecule has 0 aliphatic carbocycles. The van der Waals surface area contributed by atoms with E-state index in [1.165, 1.54) is 0 Å². The predicted octanol–water partition coefficient (Wildman–Crippen LogP) is 4.08. The lowest BCUT2D eigenvalue weighted by Crippen LogP contribution is -2.16. The van der Waals surface area contributed by atoms with Gasteiger partial charge in [-0.05, 0) is 49.1 Å². The molecule has 1 N–H and O–H groups in total. The van der Waals surface area contributed by atoms with Crippen molar-refractivity contribution in [1.29, 1.82) is 10.5 Å². The van der Waals surface area contributed by atoms with Gasteiger partial charge in [-0.15, -0.1) is 0 Å². The molecule has 1 atom stereocenters. The molecule has 4 rings (SSSR count). The third-order valence-corrected chi connectivity index (χ3v) is 4.79. The fourth-order valence-corrected chi connectivity index (χ4v) is 3.29. The van der Waals surface area contributed by atoms with Crippen LogP contribution in [0.2, 0.25) is 0 Å². The lowest BCUT2D eigenvalue weighted by molar-refractivity contribution is 0.389. The number of H-pyrrole nitrogens is 1. The monoisotopic (exact) mass is 369 g/mol. The van der Waals surface area contributed by atoms with Crippen molar-refractivity contribution in [1.82, 2.24) is 25.0 Å². The van der Waals surface area contributed by atoms with Crippen LogP contribution in [0.25, 0.3) is 22.1 Å². The second kappa shape index (κ2) is 7.13. The summed E-state index contributed by atoms with van der Waals surface area (Å²) in [4.78, 5) is 9.73. The fraction of sp³-hybridized carbons (Fsp3) is 0.286. The maximum atomic E-state index is 9.35. The van der Waals surface area contributed by atoms with Crippen LogP contribution in [-0.4, -0.2) is 25.0 Å². The smallest absolute Gasteiger partial charge is 0.134 e. The third-order valence-electron chi connectivity index (χ3n) is 4.79. The van der Waals surface area contributed by atoms with Gasteiger partial charge in [-0.1, -0.05) is 19.9 Å². The first-order valence-corrected chi connectivity index (χ1v) is 9.24. The van der Waals surface area contributed by atoms with E-state index in [4.69, 9.17) is 10.2 Å². The van der Waals surface area contributed by atoms with Crippen molar-refractivity contribution in [3.63, 3.8) is 0 Å². The molecule has 28 heavy (non-hydrogen) atoms. The Kier molecular flexibility index (Phi) is 4.50. The second-order valence-corrected chi connectivity index (χ2v) is 7.26. The van der Waals surface area contributed by atoms with Crippen molar-refractivity contribution in [2.75, 3.05) is 0 Å². The maximum Gasteiger partial charge on any atom is 0.134 e. The van der Waals surface area contributed by atoms with Gasteiger partial charge in [-0.2, -0.15) is 25.5 Å². The van der Waals surface area contributed by atoms with Crippen LogP contribution in [-0.2, 0) is 0 Å². The normalized spacial score (nSPS) is 12.3. The van der Waals surface area contributed by atoms with E-state index >= 15 is 0 Å². The van der Waals surface area contributed by atoms with Crippen LogP contribution in [0.15, 0.2) is 36.4 Å². The Balaban J connectivity index is 1.82. The molecule has 0 spiro atoms. The molecule has 0 aliphatic heterocycles. The summed E-state index contributed by atoms with van der Waals surface area (Å²) in [5, 5.41) is 27.7. The molecule has 2 aromatic heterocycles. The number of fused-ring (bicyclic) bond motifs is 2. The lowest BCUT2D eigenvalue weighted by Gasteiger charge is -2.15. The number of nitriles is 2. The zero-order valence-electron chi connectivity index (χ0n) is 15.7. The summed E-state index contributed by atoms with van der Waals surface area (Å²) in [7, 11) is 0. The van der Waals surface area contributed by atoms with E-state index in [9.17, 15) is 5.26 Å².